The van der Waals surface area contributed by atoms with Crippen molar-refractivity contribution in [1.29, 1.82) is 0 Å². The van der Waals surface area contributed by atoms with Crippen molar-refractivity contribution in [3.63, 3.8) is 0 Å². The maximum atomic E-state index is 12.1. The molecule has 0 unspecified atom stereocenters. The Balaban J connectivity index is 2.20. The highest BCUT2D eigenvalue weighted by molar-refractivity contribution is 9.10. The molecule has 5 heteroatoms. The Bertz CT molecular complexity index is 613. The molecule has 0 spiro atoms. The molecular formula is C14H14BrN3O. The second kappa shape index (κ2) is 5.84. The minimum atomic E-state index is -0.220. The van der Waals surface area contributed by atoms with E-state index in [0.29, 0.717) is 5.69 Å². The van der Waals surface area contributed by atoms with Gasteiger partial charge in [-0.2, -0.15) is 0 Å². The van der Waals surface area contributed by atoms with Crippen LogP contribution < -0.4 is 10.6 Å². The molecule has 0 saturated carbocycles. The van der Waals surface area contributed by atoms with Crippen molar-refractivity contribution in [2.75, 3.05) is 17.7 Å². The van der Waals surface area contributed by atoms with Crippen LogP contribution in [0.3, 0.4) is 0 Å². The van der Waals surface area contributed by atoms with Crippen LogP contribution in [0.15, 0.2) is 41.0 Å². The molecule has 0 aliphatic carbocycles. The van der Waals surface area contributed by atoms with Crippen LogP contribution in [-0.2, 0) is 0 Å². The van der Waals surface area contributed by atoms with Gasteiger partial charge in [0.1, 0.15) is 5.69 Å². The Hall–Kier alpha value is -1.88. The number of rotatable bonds is 3. The van der Waals surface area contributed by atoms with E-state index in [1.54, 1.807) is 19.3 Å². The first-order chi connectivity index (χ1) is 9.10. The minimum Gasteiger partial charge on any atom is -0.388 e. The summed E-state index contributed by atoms with van der Waals surface area (Å²) in [5.41, 5.74) is 3.01. The van der Waals surface area contributed by atoms with Gasteiger partial charge in [0.25, 0.3) is 5.91 Å². The van der Waals surface area contributed by atoms with Crippen molar-refractivity contribution in [1.82, 2.24) is 4.98 Å². The Morgan fingerprint density at radius 2 is 2.05 bits per heavy atom. The van der Waals surface area contributed by atoms with Crippen LogP contribution in [-0.4, -0.2) is 17.9 Å². The maximum Gasteiger partial charge on any atom is 0.274 e. The zero-order valence-electron chi connectivity index (χ0n) is 10.7. The second-order valence-corrected chi connectivity index (χ2v) is 5.01. The van der Waals surface area contributed by atoms with Crippen LogP contribution in [0.1, 0.15) is 16.1 Å². The largest absolute Gasteiger partial charge is 0.388 e. The molecule has 2 rings (SSSR count). The fourth-order valence-electron chi connectivity index (χ4n) is 1.66. The van der Waals surface area contributed by atoms with Gasteiger partial charge in [0.05, 0.1) is 0 Å². The van der Waals surface area contributed by atoms with Gasteiger partial charge in [-0.3, -0.25) is 9.78 Å². The van der Waals surface area contributed by atoms with E-state index in [9.17, 15) is 4.79 Å². The van der Waals surface area contributed by atoms with Crippen LogP contribution in [0.5, 0.6) is 0 Å². The lowest BCUT2D eigenvalue weighted by atomic mass is 10.2. The zero-order valence-corrected chi connectivity index (χ0v) is 12.3. The number of hydrogen-bond donors (Lipinski definition) is 2. The summed E-state index contributed by atoms with van der Waals surface area (Å²) >= 11 is 3.39. The number of aromatic nitrogens is 1. The average molecular weight is 320 g/mol. The number of carbonyl (C=O) groups is 1. The topological polar surface area (TPSA) is 54.0 Å². The first kappa shape index (κ1) is 13.5. The molecule has 0 aliphatic rings. The number of nitrogens with one attached hydrogen (secondary N) is 2. The highest BCUT2D eigenvalue weighted by Gasteiger charge is 2.09. The van der Waals surface area contributed by atoms with Gasteiger partial charge in [0.2, 0.25) is 0 Å². The standard InChI is InChI=1S/C14H14BrN3O/c1-9-7-10(15)3-4-12(9)18-14(19)13-8-11(16-2)5-6-17-13/h3-8H,1-2H3,(H,16,17)(H,18,19). The number of aryl methyl sites for hydroxylation is 1. The lowest BCUT2D eigenvalue weighted by molar-refractivity contribution is 0.102. The fourth-order valence-corrected chi connectivity index (χ4v) is 2.14. The molecule has 0 atom stereocenters. The minimum absolute atomic E-state index is 0.220. The molecule has 19 heavy (non-hydrogen) atoms. The van der Waals surface area contributed by atoms with E-state index >= 15 is 0 Å². The number of amides is 1. The normalized spacial score (nSPS) is 10.1. The Kier molecular flexibility index (Phi) is 4.16. The SMILES string of the molecule is CNc1ccnc(C(=O)Nc2ccc(Br)cc2C)c1. The molecule has 0 bridgehead atoms. The van der Waals surface area contributed by atoms with Crippen molar-refractivity contribution in [2.24, 2.45) is 0 Å². The molecule has 0 saturated heterocycles. The van der Waals surface area contributed by atoms with Crippen LogP contribution in [0.4, 0.5) is 11.4 Å². The highest BCUT2D eigenvalue weighted by Crippen LogP contribution is 2.20. The summed E-state index contributed by atoms with van der Waals surface area (Å²) in [5.74, 6) is -0.220. The predicted molar refractivity (Wildman–Crippen MR) is 80.6 cm³/mol. The molecule has 4 nitrogen and oxygen atoms in total. The molecule has 2 N–H and O–H groups in total. The number of benzene rings is 1. The van der Waals surface area contributed by atoms with Gasteiger partial charge in [-0.25, -0.2) is 0 Å². The molecule has 1 amide bonds. The summed E-state index contributed by atoms with van der Waals surface area (Å²) in [5, 5.41) is 5.83. The van der Waals surface area contributed by atoms with Gasteiger partial charge in [-0.15, -0.1) is 0 Å². The molecule has 1 aromatic heterocycles. The van der Waals surface area contributed by atoms with Gasteiger partial charge in [-0.05, 0) is 42.8 Å². The smallest absolute Gasteiger partial charge is 0.274 e. The van der Waals surface area contributed by atoms with Gasteiger partial charge in [0, 0.05) is 29.1 Å². The summed E-state index contributed by atoms with van der Waals surface area (Å²) in [7, 11) is 1.80. The Labute approximate surface area is 120 Å². The zero-order chi connectivity index (χ0) is 13.8. The van der Waals surface area contributed by atoms with E-state index in [1.807, 2.05) is 31.2 Å². The average Bonchev–Trinajstić information content (AvgIpc) is 2.42. The number of pyridine rings is 1. The fraction of sp³-hybridized carbons (Fsp3) is 0.143. The Morgan fingerprint density at radius 1 is 1.26 bits per heavy atom. The summed E-state index contributed by atoms with van der Waals surface area (Å²) in [6, 6.07) is 9.22. The van der Waals surface area contributed by atoms with Crippen molar-refractivity contribution >= 4 is 33.2 Å². The van der Waals surface area contributed by atoms with Gasteiger partial charge in [-0.1, -0.05) is 15.9 Å². The van der Waals surface area contributed by atoms with Gasteiger partial charge in [0.15, 0.2) is 0 Å². The highest BCUT2D eigenvalue weighted by atomic mass is 79.9. The number of anilines is 2. The number of carbonyl (C=O) groups excluding carboxylic acids is 1. The summed E-state index contributed by atoms with van der Waals surface area (Å²) < 4.78 is 0.985. The molecule has 0 fully saturated rings. The van der Waals surface area contributed by atoms with E-state index in [0.717, 1.165) is 21.4 Å². The van der Waals surface area contributed by atoms with Crippen LogP contribution in [0.25, 0.3) is 0 Å². The van der Waals surface area contributed by atoms with Crippen LogP contribution in [0, 0.1) is 6.92 Å². The molecule has 2 aromatic rings. The lowest BCUT2D eigenvalue weighted by Crippen LogP contribution is -2.14. The summed E-state index contributed by atoms with van der Waals surface area (Å²) in [6.45, 7) is 1.94. The molecule has 1 aromatic carbocycles. The molecule has 0 radical (unpaired) electrons. The molecule has 98 valence electrons. The third kappa shape index (κ3) is 3.32. The predicted octanol–water partition coefficient (Wildman–Crippen LogP) is 3.45. The molecular weight excluding hydrogens is 306 g/mol. The van der Waals surface area contributed by atoms with Crippen molar-refractivity contribution in [2.45, 2.75) is 6.92 Å². The van der Waals surface area contributed by atoms with Gasteiger partial charge < -0.3 is 10.6 Å². The van der Waals surface area contributed by atoms with Gasteiger partial charge >= 0.3 is 0 Å². The van der Waals surface area contributed by atoms with E-state index in [-0.39, 0.29) is 5.91 Å². The van der Waals surface area contributed by atoms with Crippen molar-refractivity contribution < 1.29 is 4.79 Å². The number of hydrogen-bond acceptors (Lipinski definition) is 3. The van der Waals surface area contributed by atoms with E-state index < -0.39 is 0 Å². The first-order valence-corrected chi connectivity index (χ1v) is 6.61. The summed E-state index contributed by atoms with van der Waals surface area (Å²) in [6.07, 6.45) is 1.61. The molecule has 1 heterocycles. The number of halogens is 1. The quantitative estimate of drug-likeness (QED) is 0.911. The van der Waals surface area contributed by atoms with Crippen LogP contribution >= 0.6 is 15.9 Å². The third-order valence-electron chi connectivity index (χ3n) is 2.72. The maximum absolute atomic E-state index is 12.1. The summed E-state index contributed by atoms with van der Waals surface area (Å²) in [4.78, 5) is 16.2. The Morgan fingerprint density at radius 3 is 2.74 bits per heavy atom. The van der Waals surface area contributed by atoms with E-state index in [1.165, 1.54) is 0 Å². The monoisotopic (exact) mass is 319 g/mol. The van der Waals surface area contributed by atoms with Crippen molar-refractivity contribution in [3.05, 3.63) is 52.3 Å². The first-order valence-electron chi connectivity index (χ1n) is 5.81. The number of nitrogens with zero attached hydrogens (tertiary/aromatic N) is 1. The third-order valence-corrected chi connectivity index (χ3v) is 3.21. The molecule has 0 aliphatic heterocycles. The van der Waals surface area contributed by atoms with E-state index in [4.69, 9.17) is 0 Å². The van der Waals surface area contributed by atoms with Crippen molar-refractivity contribution in [3.8, 4) is 0 Å². The second-order valence-electron chi connectivity index (χ2n) is 4.09. The van der Waals surface area contributed by atoms with Crippen LogP contribution in [0.2, 0.25) is 0 Å². The van der Waals surface area contributed by atoms with E-state index in [2.05, 4.69) is 31.5 Å². The lowest BCUT2D eigenvalue weighted by Gasteiger charge is -2.09.